The molecule has 0 radical (unpaired) electrons. The summed E-state index contributed by atoms with van der Waals surface area (Å²) in [5.41, 5.74) is 0.201. The standard InChI is InChI=1S/C25H34N2O7S/c1-26(18-9-7-6-8-10-18)25(28)17-27(21-15-19(31-2)11-13-22(21)32-3)35(29,30)20-12-14-23(33-4)24(16-20)34-5/h11-16,18H,6-10,17H2,1-5H3. The molecule has 0 unspecified atom stereocenters. The van der Waals surface area contributed by atoms with Crippen LogP contribution in [0.2, 0.25) is 0 Å². The fourth-order valence-electron chi connectivity index (χ4n) is 4.30. The third kappa shape index (κ3) is 5.75. The maximum absolute atomic E-state index is 14.0. The molecule has 9 nitrogen and oxygen atoms in total. The summed E-state index contributed by atoms with van der Waals surface area (Å²) >= 11 is 0. The van der Waals surface area contributed by atoms with Crippen molar-refractivity contribution in [1.29, 1.82) is 0 Å². The molecule has 10 heteroatoms. The van der Waals surface area contributed by atoms with Gasteiger partial charge in [-0.25, -0.2) is 8.42 Å². The average molecular weight is 507 g/mol. The van der Waals surface area contributed by atoms with Crippen molar-refractivity contribution in [3.8, 4) is 23.0 Å². The number of anilines is 1. The molecule has 0 saturated heterocycles. The highest BCUT2D eigenvalue weighted by molar-refractivity contribution is 7.92. The van der Waals surface area contributed by atoms with Gasteiger partial charge in [0.2, 0.25) is 5.91 Å². The summed E-state index contributed by atoms with van der Waals surface area (Å²) in [5, 5.41) is 0. The van der Waals surface area contributed by atoms with Crippen molar-refractivity contribution in [3.05, 3.63) is 36.4 Å². The Kier molecular flexibility index (Phi) is 8.71. The molecule has 2 aromatic carbocycles. The van der Waals surface area contributed by atoms with Crippen molar-refractivity contribution in [2.75, 3.05) is 46.3 Å². The van der Waals surface area contributed by atoms with Crippen LogP contribution in [0.25, 0.3) is 0 Å². The lowest BCUT2D eigenvalue weighted by molar-refractivity contribution is -0.130. The van der Waals surface area contributed by atoms with Gasteiger partial charge in [0.15, 0.2) is 11.5 Å². The Labute approximate surface area is 207 Å². The minimum atomic E-state index is -4.21. The van der Waals surface area contributed by atoms with Crippen molar-refractivity contribution in [1.82, 2.24) is 4.90 Å². The summed E-state index contributed by atoms with van der Waals surface area (Å²) in [7, 11) is 3.36. The first-order valence-corrected chi connectivity index (χ1v) is 12.9. The number of amides is 1. The smallest absolute Gasteiger partial charge is 0.265 e. The summed E-state index contributed by atoms with van der Waals surface area (Å²) in [6.07, 6.45) is 5.08. The molecule has 1 aliphatic rings. The Bertz CT molecular complexity index is 1130. The molecule has 1 saturated carbocycles. The second-order valence-electron chi connectivity index (χ2n) is 8.36. The average Bonchev–Trinajstić information content (AvgIpc) is 2.90. The lowest BCUT2D eigenvalue weighted by Gasteiger charge is -2.33. The van der Waals surface area contributed by atoms with Crippen LogP contribution in [-0.4, -0.2) is 67.3 Å². The number of carbonyl (C=O) groups is 1. The first-order valence-electron chi connectivity index (χ1n) is 11.5. The molecule has 35 heavy (non-hydrogen) atoms. The molecule has 0 aromatic heterocycles. The maximum Gasteiger partial charge on any atom is 0.265 e. The van der Waals surface area contributed by atoms with E-state index in [-0.39, 0.29) is 28.3 Å². The molecule has 0 heterocycles. The van der Waals surface area contributed by atoms with Crippen LogP contribution in [0.1, 0.15) is 32.1 Å². The molecule has 1 amide bonds. The Morgan fingerprint density at radius 3 is 2.09 bits per heavy atom. The molecule has 1 fully saturated rings. The van der Waals surface area contributed by atoms with Gasteiger partial charge in [0.05, 0.1) is 39.0 Å². The second kappa shape index (κ2) is 11.5. The Morgan fingerprint density at radius 2 is 1.49 bits per heavy atom. The predicted octanol–water partition coefficient (Wildman–Crippen LogP) is 3.71. The van der Waals surface area contributed by atoms with Crippen LogP contribution in [0, 0.1) is 0 Å². The predicted molar refractivity (Wildman–Crippen MR) is 133 cm³/mol. The summed E-state index contributed by atoms with van der Waals surface area (Å²) in [6, 6.07) is 9.23. The number of ether oxygens (including phenoxy) is 4. The number of benzene rings is 2. The maximum atomic E-state index is 14.0. The Hall–Kier alpha value is -3.14. The van der Waals surface area contributed by atoms with Gasteiger partial charge in [-0.15, -0.1) is 0 Å². The third-order valence-electron chi connectivity index (χ3n) is 6.39. The summed E-state index contributed by atoms with van der Waals surface area (Å²) in [5.74, 6) is 1.08. The lowest BCUT2D eigenvalue weighted by Crippen LogP contribution is -2.46. The van der Waals surface area contributed by atoms with Crippen LogP contribution in [0.15, 0.2) is 41.3 Å². The minimum absolute atomic E-state index is 0.0480. The number of hydrogen-bond donors (Lipinski definition) is 0. The van der Waals surface area contributed by atoms with Crippen LogP contribution in [-0.2, 0) is 14.8 Å². The minimum Gasteiger partial charge on any atom is -0.497 e. The first-order chi connectivity index (χ1) is 16.8. The van der Waals surface area contributed by atoms with E-state index in [1.54, 1.807) is 30.1 Å². The molecule has 192 valence electrons. The van der Waals surface area contributed by atoms with Crippen LogP contribution in [0.5, 0.6) is 23.0 Å². The molecule has 0 N–H and O–H groups in total. The molecule has 3 rings (SSSR count). The van der Waals surface area contributed by atoms with Crippen molar-refractivity contribution in [3.63, 3.8) is 0 Å². The molecule has 0 bridgehead atoms. The fraction of sp³-hybridized carbons (Fsp3) is 0.480. The van der Waals surface area contributed by atoms with Crippen molar-refractivity contribution < 1.29 is 32.2 Å². The van der Waals surface area contributed by atoms with E-state index in [2.05, 4.69) is 0 Å². The summed E-state index contributed by atoms with van der Waals surface area (Å²) in [4.78, 5) is 15.0. The SMILES string of the molecule is COc1ccc(OC)c(N(CC(=O)N(C)C2CCCCC2)S(=O)(=O)c2ccc(OC)c(OC)c2)c1. The Balaban J connectivity index is 2.08. The van der Waals surface area contributed by atoms with Gasteiger partial charge >= 0.3 is 0 Å². The zero-order chi connectivity index (χ0) is 25.6. The van der Waals surface area contributed by atoms with Gasteiger partial charge in [-0.05, 0) is 37.1 Å². The van der Waals surface area contributed by atoms with E-state index in [4.69, 9.17) is 18.9 Å². The number of carbonyl (C=O) groups excluding carboxylic acids is 1. The molecular formula is C25H34N2O7S. The number of methoxy groups -OCH3 is 4. The molecular weight excluding hydrogens is 472 g/mol. The lowest BCUT2D eigenvalue weighted by atomic mass is 9.94. The number of likely N-dealkylation sites (N-methyl/N-ethyl adjacent to an activating group) is 1. The normalized spacial score (nSPS) is 14.2. The van der Waals surface area contributed by atoms with E-state index in [0.29, 0.717) is 17.2 Å². The quantitative estimate of drug-likeness (QED) is 0.485. The summed E-state index contributed by atoms with van der Waals surface area (Å²) < 4.78 is 50.3. The molecule has 1 aliphatic carbocycles. The molecule has 0 atom stereocenters. The molecule has 2 aromatic rings. The van der Waals surface area contributed by atoms with Gasteiger partial charge in [-0.1, -0.05) is 19.3 Å². The Morgan fingerprint density at radius 1 is 0.857 bits per heavy atom. The highest BCUT2D eigenvalue weighted by Gasteiger charge is 2.33. The van der Waals surface area contributed by atoms with Gasteiger partial charge in [0.1, 0.15) is 18.0 Å². The van der Waals surface area contributed by atoms with Crippen molar-refractivity contribution >= 4 is 21.6 Å². The number of sulfonamides is 1. The molecule has 0 aliphatic heterocycles. The zero-order valence-electron chi connectivity index (χ0n) is 20.9. The van der Waals surface area contributed by atoms with Crippen LogP contribution in [0.4, 0.5) is 5.69 Å². The highest BCUT2D eigenvalue weighted by Crippen LogP contribution is 2.37. The first kappa shape index (κ1) is 26.5. The van der Waals surface area contributed by atoms with E-state index >= 15 is 0 Å². The van der Waals surface area contributed by atoms with E-state index in [9.17, 15) is 13.2 Å². The van der Waals surface area contributed by atoms with Gasteiger partial charge in [-0.3, -0.25) is 9.10 Å². The van der Waals surface area contributed by atoms with Gasteiger partial charge in [0.25, 0.3) is 10.0 Å². The summed E-state index contributed by atoms with van der Waals surface area (Å²) in [6.45, 7) is -0.396. The molecule has 0 spiro atoms. The van der Waals surface area contributed by atoms with Gasteiger partial charge in [0, 0.05) is 25.2 Å². The number of hydrogen-bond acceptors (Lipinski definition) is 7. The van der Waals surface area contributed by atoms with E-state index in [1.807, 2.05) is 0 Å². The second-order valence-corrected chi connectivity index (χ2v) is 10.2. The highest BCUT2D eigenvalue weighted by atomic mass is 32.2. The number of nitrogens with zero attached hydrogens (tertiary/aromatic N) is 2. The van der Waals surface area contributed by atoms with Gasteiger partial charge < -0.3 is 23.8 Å². The third-order valence-corrected chi connectivity index (χ3v) is 8.15. The topological polar surface area (TPSA) is 94.6 Å². The van der Waals surface area contributed by atoms with E-state index in [0.717, 1.165) is 36.4 Å². The number of rotatable bonds is 10. The largest absolute Gasteiger partial charge is 0.497 e. The fourth-order valence-corrected chi connectivity index (χ4v) is 5.73. The monoisotopic (exact) mass is 506 g/mol. The van der Waals surface area contributed by atoms with Crippen LogP contribution < -0.4 is 23.3 Å². The van der Waals surface area contributed by atoms with Gasteiger partial charge in [-0.2, -0.15) is 0 Å². The van der Waals surface area contributed by atoms with Crippen molar-refractivity contribution in [2.45, 2.75) is 43.0 Å². The van der Waals surface area contributed by atoms with Crippen LogP contribution >= 0.6 is 0 Å². The van der Waals surface area contributed by atoms with Crippen molar-refractivity contribution in [2.24, 2.45) is 0 Å². The van der Waals surface area contributed by atoms with E-state index in [1.165, 1.54) is 46.6 Å². The van der Waals surface area contributed by atoms with Crippen LogP contribution in [0.3, 0.4) is 0 Å². The van der Waals surface area contributed by atoms with E-state index < -0.39 is 16.6 Å². The zero-order valence-corrected chi connectivity index (χ0v) is 21.8.